The van der Waals surface area contributed by atoms with Crippen LogP contribution in [-0.2, 0) is 6.42 Å². The fourth-order valence-corrected chi connectivity index (χ4v) is 2.95. The quantitative estimate of drug-likeness (QED) is 0.849. The molecule has 0 N–H and O–H groups in total. The van der Waals surface area contributed by atoms with E-state index in [4.69, 9.17) is 4.52 Å². The van der Waals surface area contributed by atoms with Crippen LogP contribution in [0.5, 0.6) is 0 Å². The molecule has 0 bridgehead atoms. The first kappa shape index (κ1) is 16.7. The molecule has 0 saturated carbocycles. The maximum atomic E-state index is 5.41. The summed E-state index contributed by atoms with van der Waals surface area (Å²) in [6, 6.07) is 9.92. The largest absolute Gasteiger partial charge is 0.339 e. The number of rotatable bonds is 4. The zero-order chi connectivity index (χ0) is 16.4. The zero-order valence-corrected chi connectivity index (χ0v) is 14.6. The van der Waals surface area contributed by atoms with Gasteiger partial charge in [-0.2, -0.15) is 4.98 Å². The van der Waals surface area contributed by atoms with E-state index in [9.17, 15) is 0 Å². The minimum atomic E-state index is 0.0977. The first-order valence-corrected chi connectivity index (χ1v) is 7.84. The highest BCUT2D eigenvalue weighted by molar-refractivity contribution is 5.53. The molecule has 0 saturated heterocycles. The molecule has 0 aliphatic carbocycles. The van der Waals surface area contributed by atoms with Gasteiger partial charge in [0.2, 0.25) is 11.7 Å². The highest BCUT2D eigenvalue weighted by Crippen LogP contribution is 2.25. The maximum Gasteiger partial charge on any atom is 0.228 e. The van der Waals surface area contributed by atoms with Crippen LogP contribution in [0.2, 0.25) is 0 Å². The summed E-state index contributed by atoms with van der Waals surface area (Å²) in [6.07, 6.45) is 0.758. The fraction of sp³-hybridized carbons (Fsp3) is 0.556. The van der Waals surface area contributed by atoms with Crippen molar-refractivity contribution in [1.82, 2.24) is 15.0 Å². The lowest BCUT2D eigenvalue weighted by Gasteiger charge is -2.45. The molecule has 1 heterocycles. The Labute approximate surface area is 133 Å². The predicted octanol–water partition coefficient (Wildman–Crippen LogP) is 4.18. The molecular formula is C18H27N3O. The van der Waals surface area contributed by atoms with Gasteiger partial charge in [-0.25, -0.2) is 0 Å². The standard InChI is InChI=1S/C18H27N3O/c1-17(2,3)21(18(4,5)6)13-12-15-19-16(20-22-15)14-10-8-7-9-11-14/h7-11H,12-13H2,1-6H3. The molecule has 0 aliphatic heterocycles. The first-order valence-electron chi connectivity index (χ1n) is 7.84. The Hall–Kier alpha value is -1.68. The van der Waals surface area contributed by atoms with Crippen molar-refractivity contribution in [3.05, 3.63) is 36.2 Å². The molecule has 0 aliphatic rings. The van der Waals surface area contributed by atoms with Crippen molar-refractivity contribution in [2.75, 3.05) is 6.54 Å². The van der Waals surface area contributed by atoms with E-state index < -0.39 is 0 Å². The Morgan fingerprint density at radius 3 is 2.09 bits per heavy atom. The van der Waals surface area contributed by atoms with E-state index >= 15 is 0 Å². The third-order valence-electron chi connectivity index (χ3n) is 3.67. The minimum Gasteiger partial charge on any atom is -0.339 e. The number of benzene rings is 1. The van der Waals surface area contributed by atoms with Crippen molar-refractivity contribution in [1.29, 1.82) is 0 Å². The Kier molecular flexibility index (Phi) is 4.71. The second kappa shape index (κ2) is 6.21. The molecule has 0 fully saturated rings. The minimum absolute atomic E-state index is 0.0977. The van der Waals surface area contributed by atoms with Crippen LogP contribution in [0.4, 0.5) is 0 Å². The lowest BCUT2D eigenvalue weighted by atomic mass is 9.95. The van der Waals surface area contributed by atoms with Crippen molar-refractivity contribution < 1.29 is 4.52 Å². The molecule has 0 spiro atoms. The Morgan fingerprint density at radius 2 is 1.55 bits per heavy atom. The summed E-state index contributed by atoms with van der Waals surface area (Å²) < 4.78 is 5.41. The SMILES string of the molecule is CC(C)(C)N(CCc1nc(-c2ccccc2)no1)C(C)(C)C. The summed E-state index contributed by atoms with van der Waals surface area (Å²) in [6.45, 7) is 14.3. The van der Waals surface area contributed by atoms with Crippen molar-refractivity contribution in [3.8, 4) is 11.4 Å². The molecule has 1 aromatic heterocycles. The van der Waals surface area contributed by atoms with Crippen molar-refractivity contribution >= 4 is 0 Å². The lowest BCUT2D eigenvalue weighted by molar-refractivity contribution is 0.0378. The molecule has 0 radical (unpaired) electrons. The van der Waals surface area contributed by atoms with Crippen LogP contribution in [0.1, 0.15) is 47.4 Å². The molecule has 1 aromatic carbocycles. The monoisotopic (exact) mass is 301 g/mol. The zero-order valence-electron chi connectivity index (χ0n) is 14.6. The van der Waals surface area contributed by atoms with E-state index in [1.165, 1.54) is 0 Å². The fourth-order valence-electron chi connectivity index (χ4n) is 2.95. The highest BCUT2D eigenvalue weighted by atomic mass is 16.5. The number of aromatic nitrogens is 2. The van der Waals surface area contributed by atoms with Crippen LogP contribution in [-0.4, -0.2) is 32.7 Å². The van der Waals surface area contributed by atoms with E-state index in [0.717, 1.165) is 18.5 Å². The van der Waals surface area contributed by atoms with E-state index in [1.54, 1.807) is 0 Å². The average Bonchev–Trinajstić information content (AvgIpc) is 2.85. The van der Waals surface area contributed by atoms with Gasteiger partial charge >= 0.3 is 0 Å². The Morgan fingerprint density at radius 1 is 0.955 bits per heavy atom. The Bertz CT molecular complexity index is 577. The van der Waals surface area contributed by atoms with Crippen molar-refractivity contribution in [3.63, 3.8) is 0 Å². The van der Waals surface area contributed by atoms with Gasteiger partial charge in [0, 0.05) is 29.6 Å². The van der Waals surface area contributed by atoms with Gasteiger partial charge in [-0.15, -0.1) is 0 Å². The van der Waals surface area contributed by atoms with Gasteiger partial charge in [0.1, 0.15) is 0 Å². The van der Waals surface area contributed by atoms with Crippen molar-refractivity contribution in [2.24, 2.45) is 0 Å². The number of hydrogen-bond donors (Lipinski definition) is 0. The van der Waals surface area contributed by atoms with Gasteiger partial charge in [-0.1, -0.05) is 35.5 Å². The molecule has 0 unspecified atom stereocenters. The smallest absolute Gasteiger partial charge is 0.228 e. The average molecular weight is 301 g/mol. The van der Waals surface area contributed by atoms with E-state index in [-0.39, 0.29) is 11.1 Å². The normalized spacial score (nSPS) is 12.9. The molecular weight excluding hydrogens is 274 g/mol. The number of hydrogen-bond acceptors (Lipinski definition) is 4. The lowest BCUT2D eigenvalue weighted by Crippen LogP contribution is -2.53. The van der Waals surface area contributed by atoms with Crippen LogP contribution in [0.15, 0.2) is 34.9 Å². The van der Waals surface area contributed by atoms with Gasteiger partial charge in [-0.3, -0.25) is 4.90 Å². The van der Waals surface area contributed by atoms with Gasteiger partial charge < -0.3 is 4.52 Å². The topological polar surface area (TPSA) is 42.2 Å². The molecule has 4 nitrogen and oxygen atoms in total. The molecule has 2 rings (SSSR count). The molecule has 120 valence electrons. The summed E-state index contributed by atoms with van der Waals surface area (Å²) in [7, 11) is 0. The summed E-state index contributed by atoms with van der Waals surface area (Å²) in [4.78, 5) is 6.98. The van der Waals surface area contributed by atoms with Crippen LogP contribution < -0.4 is 0 Å². The molecule has 2 aromatic rings. The van der Waals surface area contributed by atoms with Crippen molar-refractivity contribution in [2.45, 2.75) is 59.0 Å². The van der Waals surface area contributed by atoms with Gasteiger partial charge in [0.05, 0.1) is 0 Å². The third kappa shape index (κ3) is 4.17. The second-order valence-corrected chi connectivity index (χ2v) is 7.62. The molecule has 0 amide bonds. The first-order chi connectivity index (χ1) is 10.2. The maximum absolute atomic E-state index is 5.41. The molecule has 22 heavy (non-hydrogen) atoms. The highest BCUT2D eigenvalue weighted by Gasteiger charge is 2.31. The Balaban J connectivity index is 2.07. The second-order valence-electron chi connectivity index (χ2n) is 7.62. The third-order valence-corrected chi connectivity index (χ3v) is 3.67. The van der Waals surface area contributed by atoms with Gasteiger partial charge in [0.15, 0.2) is 0 Å². The van der Waals surface area contributed by atoms with Crippen LogP contribution in [0.25, 0.3) is 11.4 Å². The van der Waals surface area contributed by atoms with Crippen LogP contribution in [0, 0.1) is 0 Å². The van der Waals surface area contributed by atoms with Gasteiger partial charge in [-0.05, 0) is 41.5 Å². The van der Waals surface area contributed by atoms with E-state index in [1.807, 2.05) is 30.3 Å². The molecule has 4 heteroatoms. The summed E-state index contributed by atoms with van der Waals surface area (Å²) in [5, 5.41) is 4.08. The summed E-state index contributed by atoms with van der Waals surface area (Å²) in [5.41, 5.74) is 1.18. The summed E-state index contributed by atoms with van der Waals surface area (Å²) in [5.74, 6) is 1.35. The van der Waals surface area contributed by atoms with Crippen LogP contribution in [0.3, 0.4) is 0 Å². The molecule has 0 atom stereocenters. The predicted molar refractivity (Wildman–Crippen MR) is 89.7 cm³/mol. The van der Waals surface area contributed by atoms with E-state index in [0.29, 0.717) is 11.7 Å². The number of nitrogens with zero attached hydrogens (tertiary/aromatic N) is 3. The van der Waals surface area contributed by atoms with Crippen LogP contribution >= 0.6 is 0 Å². The van der Waals surface area contributed by atoms with E-state index in [2.05, 4.69) is 56.6 Å². The summed E-state index contributed by atoms with van der Waals surface area (Å²) >= 11 is 0. The van der Waals surface area contributed by atoms with Gasteiger partial charge in [0.25, 0.3) is 0 Å².